The fraction of sp³-hybridized carbons (Fsp3) is 0.800. The fourth-order valence-electron chi connectivity index (χ4n) is 3.19. The SMILES string of the molecule is CCC(C)OCCCCN1CCC(c2cnc(C(C)C)nc2)CC1. The lowest BCUT2D eigenvalue weighted by Gasteiger charge is -2.32. The molecule has 0 aromatic carbocycles. The standard InChI is InChI=1S/C20H35N3O/c1-5-17(4)24-13-7-6-10-23-11-8-18(9-12-23)19-14-21-20(16(2)3)22-15-19/h14-18H,5-13H2,1-4H3. The van der Waals surface area contributed by atoms with Crippen LogP contribution in [0.5, 0.6) is 0 Å². The van der Waals surface area contributed by atoms with E-state index in [1.54, 1.807) is 0 Å². The highest BCUT2D eigenvalue weighted by Crippen LogP contribution is 2.27. The van der Waals surface area contributed by atoms with Crippen LogP contribution in [0, 0.1) is 0 Å². The molecule has 136 valence electrons. The van der Waals surface area contributed by atoms with E-state index in [-0.39, 0.29) is 0 Å². The Hall–Kier alpha value is -1.00. The number of likely N-dealkylation sites (tertiary alicyclic amines) is 1. The van der Waals surface area contributed by atoms with E-state index in [1.165, 1.54) is 50.9 Å². The Morgan fingerprint density at radius 3 is 2.38 bits per heavy atom. The van der Waals surface area contributed by atoms with Crippen molar-refractivity contribution in [2.45, 2.75) is 77.7 Å². The summed E-state index contributed by atoms with van der Waals surface area (Å²) in [7, 11) is 0. The Balaban J connectivity index is 1.64. The molecule has 0 bridgehead atoms. The normalized spacial score (nSPS) is 18.2. The summed E-state index contributed by atoms with van der Waals surface area (Å²) in [5.74, 6) is 2.00. The number of piperidine rings is 1. The first kappa shape index (κ1) is 19.3. The average molecular weight is 334 g/mol. The third-order valence-corrected chi connectivity index (χ3v) is 5.11. The van der Waals surface area contributed by atoms with Gasteiger partial charge >= 0.3 is 0 Å². The van der Waals surface area contributed by atoms with Gasteiger partial charge in [0.1, 0.15) is 5.82 Å². The summed E-state index contributed by atoms with van der Waals surface area (Å²) in [5.41, 5.74) is 1.32. The molecule has 0 N–H and O–H groups in total. The highest BCUT2D eigenvalue weighted by molar-refractivity contribution is 5.13. The van der Waals surface area contributed by atoms with Crippen molar-refractivity contribution >= 4 is 0 Å². The topological polar surface area (TPSA) is 38.2 Å². The second kappa shape index (κ2) is 10.1. The number of hydrogen-bond donors (Lipinski definition) is 0. The first-order valence-electron chi connectivity index (χ1n) is 9.76. The molecule has 4 nitrogen and oxygen atoms in total. The van der Waals surface area contributed by atoms with Crippen molar-refractivity contribution < 1.29 is 4.74 Å². The molecular formula is C20H35N3O. The molecule has 2 heterocycles. The van der Waals surface area contributed by atoms with Crippen molar-refractivity contribution in [3.63, 3.8) is 0 Å². The number of hydrogen-bond acceptors (Lipinski definition) is 4. The molecule has 0 amide bonds. The van der Waals surface area contributed by atoms with Crippen molar-refractivity contribution in [3.8, 4) is 0 Å². The summed E-state index contributed by atoms with van der Waals surface area (Å²) in [4.78, 5) is 11.7. The molecule has 0 radical (unpaired) electrons. The van der Waals surface area contributed by atoms with Gasteiger partial charge in [-0.3, -0.25) is 0 Å². The van der Waals surface area contributed by atoms with E-state index < -0.39 is 0 Å². The molecule has 1 saturated heterocycles. The second-order valence-electron chi connectivity index (χ2n) is 7.44. The number of nitrogens with zero attached hydrogens (tertiary/aromatic N) is 3. The highest BCUT2D eigenvalue weighted by atomic mass is 16.5. The molecule has 4 heteroatoms. The molecule has 24 heavy (non-hydrogen) atoms. The van der Waals surface area contributed by atoms with Gasteiger partial charge in [-0.1, -0.05) is 20.8 Å². The second-order valence-corrected chi connectivity index (χ2v) is 7.44. The van der Waals surface area contributed by atoms with E-state index in [0.717, 1.165) is 18.9 Å². The quantitative estimate of drug-likeness (QED) is 0.629. The molecule has 2 rings (SSSR count). The third-order valence-electron chi connectivity index (χ3n) is 5.11. The molecule has 0 spiro atoms. The fourth-order valence-corrected chi connectivity index (χ4v) is 3.19. The van der Waals surface area contributed by atoms with Gasteiger partial charge in [0.25, 0.3) is 0 Å². The number of rotatable bonds is 9. The molecule has 0 aliphatic carbocycles. The van der Waals surface area contributed by atoms with Crippen molar-refractivity contribution in [2.24, 2.45) is 0 Å². The maximum absolute atomic E-state index is 5.75. The van der Waals surface area contributed by atoms with Gasteiger partial charge in [-0.2, -0.15) is 0 Å². The zero-order valence-electron chi connectivity index (χ0n) is 16.0. The predicted octanol–water partition coefficient (Wildman–Crippen LogP) is 4.37. The summed E-state index contributed by atoms with van der Waals surface area (Å²) in [6.45, 7) is 13.1. The largest absolute Gasteiger partial charge is 0.379 e. The molecule has 1 atom stereocenters. The lowest BCUT2D eigenvalue weighted by Crippen LogP contribution is -2.33. The summed E-state index contributed by atoms with van der Waals surface area (Å²) in [5, 5.41) is 0. The molecule has 1 aromatic heterocycles. The van der Waals surface area contributed by atoms with E-state index >= 15 is 0 Å². The predicted molar refractivity (Wildman–Crippen MR) is 99.5 cm³/mol. The molecule has 1 aliphatic rings. The highest BCUT2D eigenvalue weighted by Gasteiger charge is 2.21. The minimum atomic E-state index is 0.407. The average Bonchev–Trinajstić information content (AvgIpc) is 2.62. The zero-order chi connectivity index (χ0) is 17.4. The van der Waals surface area contributed by atoms with Gasteiger partial charge in [-0.05, 0) is 70.1 Å². The van der Waals surface area contributed by atoms with E-state index in [0.29, 0.717) is 17.9 Å². The molecule has 0 saturated carbocycles. The Labute approximate surface area is 148 Å². The van der Waals surface area contributed by atoms with E-state index in [9.17, 15) is 0 Å². The molecule has 1 fully saturated rings. The maximum Gasteiger partial charge on any atom is 0.130 e. The van der Waals surface area contributed by atoms with E-state index in [2.05, 4.69) is 55.0 Å². The van der Waals surface area contributed by atoms with Crippen LogP contribution in [0.25, 0.3) is 0 Å². The minimum absolute atomic E-state index is 0.407. The number of unbranched alkanes of at least 4 members (excludes halogenated alkanes) is 1. The van der Waals surface area contributed by atoms with Crippen LogP contribution in [0.1, 0.15) is 83.0 Å². The lowest BCUT2D eigenvalue weighted by atomic mass is 9.91. The Kier molecular flexibility index (Phi) is 8.13. The summed E-state index contributed by atoms with van der Waals surface area (Å²) >= 11 is 0. The molecule has 1 unspecified atom stereocenters. The molecule has 1 aromatic rings. The van der Waals surface area contributed by atoms with Gasteiger partial charge in [0.05, 0.1) is 6.10 Å². The van der Waals surface area contributed by atoms with Crippen LogP contribution in [0.15, 0.2) is 12.4 Å². The van der Waals surface area contributed by atoms with Crippen molar-refractivity contribution in [1.82, 2.24) is 14.9 Å². The van der Waals surface area contributed by atoms with Gasteiger partial charge < -0.3 is 9.64 Å². The van der Waals surface area contributed by atoms with Gasteiger partial charge in [0.15, 0.2) is 0 Å². The Morgan fingerprint density at radius 1 is 1.12 bits per heavy atom. The minimum Gasteiger partial charge on any atom is -0.379 e. The zero-order valence-corrected chi connectivity index (χ0v) is 16.0. The van der Waals surface area contributed by atoms with Crippen LogP contribution in [0.2, 0.25) is 0 Å². The van der Waals surface area contributed by atoms with Crippen LogP contribution in [0.4, 0.5) is 0 Å². The van der Waals surface area contributed by atoms with Crippen LogP contribution < -0.4 is 0 Å². The summed E-state index contributed by atoms with van der Waals surface area (Å²) < 4.78 is 5.75. The molecular weight excluding hydrogens is 298 g/mol. The summed E-state index contributed by atoms with van der Waals surface area (Å²) in [6, 6.07) is 0. The van der Waals surface area contributed by atoms with Crippen LogP contribution >= 0.6 is 0 Å². The third kappa shape index (κ3) is 6.14. The van der Waals surface area contributed by atoms with Gasteiger partial charge in [-0.15, -0.1) is 0 Å². The van der Waals surface area contributed by atoms with Crippen LogP contribution in [-0.4, -0.2) is 47.2 Å². The van der Waals surface area contributed by atoms with Gasteiger partial charge in [0, 0.05) is 24.9 Å². The first-order chi connectivity index (χ1) is 11.6. The van der Waals surface area contributed by atoms with Gasteiger partial charge in [0.2, 0.25) is 0 Å². The van der Waals surface area contributed by atoms with E-state index in [4.69, 9.17) is 4.74 Å². The smallest absolute Gasteiger partial charge is 0.130 e. The Morgan fingerprint density at radius 2 is 1.79 bits per heavy atom. The monoisotopic (exact) mass is 333 g/mol. The molecule has 1 aliphatic heterocycles. The number of aromatic nitrogens is 2. The van der Waals surface area contributed by atoms with Crippen molar-refractivity contribution in [2.75, 3.05) is 26.2 Å². The van der Waals surface area contributed by atoms with Crippen LogP contribution in [0.3, 0.4) is 0 Å². The Bertz CT molecular complexity index is 452. The van der Waals surface area contributed by atoms with Crippen molar-refractivity contribution in [1.29, 1.82) is 0 Å². The lowest BCUT2D eigenvalue weighted by molar-refractivity contribution is 0.0591. The maximum atomic E-state index is 5.75. The summed E-state index contributed by atoms with van der Waals surface area (Å²) in [6.07, 6.45) is 10.5. The van der Waals surface area contributed by atoms with E-state index in [1.807, 2.05) is 0 Å². The number of ether oxygens (including phenoxy) is 1. The van der Waals surface area contributed by atoms with Crippen LogP contribution in [-0.2, 0) is 4.74 Å². The first-order valence-corrected chi connectivity index (χ1v) is 9.76. The van der Waals surface area contributed by atoms with Crippen molar-refractivity contribution in [3.05, 3.63) is 23.8 Å². The van der Waals surface area contributed by atoms with Gasteiger partial charge in [-0.25, -0.2) is 9.97 Å².